The molecular formula is C24H22N2O3. The van der Waals surface area contributed by atoms with Gasteiger partial charge in [0, 0.05) is 22.8 Å². The Morgan fingerprint density at radius 2 is 1.62 bits per heavy atom. The van der Waals surface area contributed by atoms with Crippen molar-refractivity contribution in [3.8, 4) is 17.2 Å². The number of amides is 1. The molecule has 0 aliphatic heterocycles. The lowest BCUT2D eigenvalue weighted by Gasteiger charge is -2.09. The molecule has 0 radical (unpaired) electrons. The topological polar surface area (TPSA) is 52.5 Å². The van der Waals surface area contributed by atoms with Crippen LogP contribution in [-0.4, -0.2) is 17.1 Å². The van der Waals surface area contributed by atoms with Gasteiger partial charge in [0.15, 0.2) is 0 Å². The molecule has 1 amide bonds. The predicted molar refractivity (Wildman–Crippen MR) is 115 cm³/mol. The molecule has 4 rings (SSSR count). The van der Waals surface area contributed by atoms with Crippen molar-refractivity contribution in [2.45, 2.75) is 13.5 Å². The average molecular weight is 386 g/mol. The number of carbonyl (C=O) groups is 1. The van der Waals surface area contributed by atoms with Crippen molar-refractivity contribution in [2.75, 3.05) is 11.9 Å². The summed E-state index contributed by atoms with van der Waals surface area (Å²) in [5.74, 6) is 2.24. The summed E-state index contributed by atoms with van der Waals surface area (Å²) >= 11 is 0. The van der Waals surface area contributed by atoms with E-state index >= 15 is 0 Å². The fourth-order valence-electron chi connectivity index (χ4n) is 3.16. The van der Waals surface area contributed by atoms with E-state index in [-0.39, 0.29) is 12.5 Å². The van der Waals surface area contributed by atoms with Crippen molar-refractivity contribution in [2.24, 2.45) is 0 Å². The summed E-state index contributed by atoms with van der Waals surface area (Å²) < 4.78 is 13.2. The first-order valence-electron chi connectivity index (χ1n) is 9.56. The second kappa shape index (κ2) is 8.52. The lowest BCUT2D eigenvalue weighted by atomic mass is 10.2. The SMILES string of the molecule is CCOc1ccc2c(ccn2CC(=O)Nc2ccc(Oc3ccccc3)cc2)c1. The molecule has 5 heteroatoms. The minimum Gasteiger partial charge on any atom is -0.494 e. The number of nitrogens with one attached hydrogen (secondary N) is 1. The molecule has 0 aliphatic carbocycles. The number of hydrogen-bond acceptors (Lipinski definition) is 3. The van der Waals surface area contributed by atoms with E-state index in [0.717, 1.165) is 33.8 Å². The Morgan fingerprint density at radius 3 is 2.38 bits per heavy atom. The third-order valence-corrected chi connectivity index (χ3v) is 4.48. The molecule has 1 aromatic heterocycles. The highest BCUT2D eigenvalue weighted by Crippen LogP contribution is 2.24. The molecular weight excluding hydrogens is 364 g/mol. The van der Waals surface area contributed by atoms with E-state index in [4.69, 9.17) is 9.47 Å². The highest BCUT2D eigenvalue weighted by atomic mass is 16.5. The maximum atomic E-state index is 12.5. The Bertz CT molecular complexity index is 1100. The summed E-state index contributed by atoms with van der Waals surface area (Å²) in [5.41, 5.74) is 1.72. The molecule has 4 aromatic rings. The van der Waals surface area contributed by atoms with Gasteiger partial charge in [0.05, 0.1) is 6.61 Å². The smallest absolute Gasteiger partial charge is 0.244 e. The van der Waals surface area contributed by atoms with Crippen molar-refractivity contribution in [1.29, 1.82) is 0 Å². The highest BCUT2D eigenvalue weighted by Gasteiger charge is 2.08. The van der Waals surface area contributed by atoms with Gasteiger partial charge < -0.3 is 19.4 Å². The van der Waals surface area contributed by atoms with Crippen LogP contribution >= 0.6 is 0 Å². The first-order chi connectivity index (χ1) is 14.2. The van der Waals surface area contributed by atoms with E-state index in [9.17, 15) is 4.79 Å². The van der Waals surface area contributed by atoms with Crippen LogP contribution in [0, 0.1) is 0 Å². The van der Waals surface area contributed by atoms with Crippen LogP contribution in [0.15, 0.2) is 85.1 Å². The molecule has 0 saturated carbocycles. The molecule has 5 nitrogen and oxygen atoms in total. The summed E-state index contributed by atoms with van der Waals surface area (Å²) in [4.78, 5) is 12.5. The number of ether oxygens (including phenoxy) is 2. The van der Waals surface area contributed by atoms with E-state index in [0.29, 0.717) is 6.61 Å². The normalized spacial score (nSPS) is 10.7. The minimum absolute atomic E-state index is 0.0897. The van der Waals surface area contributed by atoms with Gasteiger partial charge in [-0.3, -0.25) is 4.79 Å². The van der Waals surface area contributed by atoms with Crippen LogP contribution in [0.2, 0.25) is 0 Å². The molecule has 3 aromatic carbocycles. The third kappa shape index (κ3) is 4.58. The predicted octanol–water partition coefficient (Wildman–Crippen LogP) is 5.47. The van der Waals surface area contributed by atoms with Crippen molar-refractivity contribution in [3.05, 3.63) is 85.1 Å². The van der Waals surface area contributed by atoms with E-state index in [1.807, 2.05) is 96.6 Å². The molecule has 1 heterocycles. The van der Waals surface area contributed by atoms with E-state index in [2.05, 4.69) is 5.32 Å². The molecule has 29 heavy (non-hydrogen) atoms. The van der Waals surface area contributed by atoms with E-state index < -0.39 is 0 Å². The van der Waals surface area contributed by atoms with Gasteiger partial charge in [-0.15, -0.1) is 0 Å². The fourth-order valence-corrected chi connectivity index (χ4v) is 3.16. The zero-order valence-corrected chi connectivity index (χ0v) is 16.2. The Balaban J connectivity index is 1.39. The first-order valence-corrected chi connectivity index (χ1v) is 9.56. The second-order valence-corrected chi connectivity index (χ2v) is 6.58. The van der Waals surface area contributed by atoms with Crippen molar-refractivity contribution >= 4 is 22.5 Å². The Hall–Kier alpha value is -3.73. The molecule has 0 bridgehead atoms. The van der Waals surface area contributed by atoms with Gasteiger partial charge in [-0.2, -0.15) is 0 Å². The molecule has 0 aliphatic rings. The molecule has 1 N–H and O–H groups in total. The summed E-state index contributed by atoms with van der Waals surface area (Å²) in [5, 5.41) is 3.98. The van der Waals surface area contributed by atoms with Gasteiger partial charge in [0.1, 0.15) is 23.8 Å². The van der Waals surface area contributed by atoms with Crippen molar-refractivity contribution in [3.63, 3.8) is 0 Å². The van der Waals surface area contributed by atoms with Crippen molar-refractivity contribution < 1.29 is 14.3 Å². The largest absolute Gasteiger partial charge is 0.494 e. The van der Waals surface area contributed by atoms with Crippen LogP contribution in [0.3, 0.4) is 0 Å². The van der Waals surface area contributed by atoms with E-state index in [1.54, 1.807) is 0 Å². The summed E-state index contributed by atoms with van der Waals surface area (Å²) in [6, 6.07) is 24.8. The molecule has 0 atom stereocenters. The third-order valence-electron chi connectivity index (χ3n) is 4.48. The van der Waals surface area contributed by atoms with Gasteiger partial charge in [0.25, 0.3) is 0 Å². The number of rotatable bonds is 7. The second-order valence-electron chi connectivity index (χ2n) is 6.58. The van der Waals surface area contributed by atoms with Crippen molar-refractivity contribution in [1.82, 2.24) is 4.57 Å². The van der Waals surface area contributed by atoms with Gasteiger partial charge in [-0.25, -0.2) is 0 Å². The van der Waals surface area contributed by atoms with Crippen LogP contribution < -0.4 is 14.8 Å². The van der Waals surface area contributed by atoms with Crippen LogP contribution in [0.4, 0.5) is 5.69 Å². The van der Waals surface area contributed by atoms with Gasteiger partial charge in [-0.1, -0.05) is 18.2 Å². The number of hydrogen-bond donors (Lipinski definition) is 1. The molecule has 0 unspecified atom stereocenters. The number of anilines is 1. The summed E-state index contributed by atoms with van der Waals surface area (Å²) in [7, 11) is 0. The lowest BCUT2D eigenvalue weighted by molar-refractivity contribution is -0.116. The van der Waals surface area contributed by atoms with E-state index in [1.165, 1.54) is 0 Å². The average Bonchev–Trinajstić information content (AvgIpc) is 3.12. The number of aromatic nitrogens is 1. The molecule has 146 valence electrons. The summed E-state index contributed by atoms with van der Waals surface area (Å²) in [6.45, 7) is 2.82. The standard InChI is InChI=1S/C24H22N2O3/c1-2-28-22-12-13-23-18(16-22)14-15-26(23)17-24(27)25-19-8-10-21(11-9-19)29-20-6-4-3-5-7-20/h3-16H,2,17H2,1H3,(H,25,27). The number of carbonyl (C=O) groups excluding carboxylic acids is 1. The maximum absolute atomic E-state index is 12.5. The number of benzene rings is 3. The number of para-hydroxylation sites is 1. The Labute approximate surface area is 169 Å². The minimum atomic E-state index is -0.0897. The van der Waals surface area contributed by atoms with Crippen LogP contribution in [0.25, 0.3) is 10.9 Å². The highest BCUT2D eigenvalue weighted by molar-refractivity contribution is 5.92. The quantitative estimate of drug-likeness (QED) is 0.458. The zero-order chi connectivity index (χ0) is 20.1. The monoisotopic (exact) mass is 386 g/mol. The van der Waals surface area contributed by atoms with Crippen LogP contribution in [0.5, 0.6) is 17.2 Å². The Kier molecular flexibility index (Phi) is 5.47. The zero-order valence-electron chi connectivity index (χ0n) is 16.2. The molecule has 0 spiro atoms. The maximum Gasteiger partial charge on any atom is 0.244 e. The van der Waals surface area contributed by atoms with Crippen LogP contribution in [0.1, 0.15) is 6.92 Å². The number of fused-ring (bicyclic) bond motifs is 1. The Morgan fingerprint density at radius 1 is 0.897 bits per heavy atom. The summed E-state index contributed by atoms with van der Waals surface area (Å²) in [6.07, 6.45) is 1.91. The first kappa shape index (κ1) is 18.6. The number of nitrogens with zero attached hydrogens (tertiary/aromatic N) is 1. The van der Waals surface area contributed by atoms with Crippen LogP contribution in [-0.2, 0) is 11.3 Å². The fraction of sp³-hybridized carbons (Fsp3) is 0.125. The van der Waals surface area contributed by atoms with Gasteiger partial charge in [0.2, 0.25) is 5.91 Å². The van der Waals surface area contributed by atoms with Gasteiger partial charge in [-0.05, 0) is 67.6 Å². The molecule has 0 fully saturated rings. The lowest BCUT2D eigenvalue weighted by Crippen LogP contribution is -2.18. The van der Waals surface area contributed by atoms with Gasteiger partial charge >= 0.3 is 0 Å². The molecule has 0 saturated heterocycles.